The third kappa shape index (κ3) is 2.83. The molecule has 122 valence electrons. The van der Waals surface area contributed by atoms with Crippen LogP contribution in [0.2, 0.25) is 5.02 Å². The van der Waals surface area contributed by atoms with Gasteiger partial charge in [-0.15, -0.1) is 11.3 Å². The molecule has 1 aromatic carbocycles. The van der Waals surface area contributed by atoms with Crippen molar-refractivity contribution in [3.05, 3.63) is 58.3 Å². The van der Waals surface area contributed by atoms with Gasteiger partial charge in [0.1, 0.15) is 0 Å². The smallest absolute Gasteiger partial charge is 0.317 e. The minimum atomic E-state index is -0.554. The van der Waals surface area contributed by atoms with E-state index < -0.39 is 5.41 Å². The number of carbonyl (C=O) groups excluding carboxylic acids is 1. The van der Waals surface area contributed by atoms with Crippen LogP contribution in [0.15, 0.2) is 46.3 Å². The number of esters is 1. The summed E-state index contributed by atoms with van der Waals surface area (Å²) in [6.07, 6.45) is 1.55. The summed E-state index contributed by atoms with van der Waals surface area (Å²) in [5.41, 5.74) is 0.378. The van der Waals surface area contributed by atoms with Gasteiger partial charge in [0, 0.05) is 5.02 Å². The van der Waals surface area contributed by atoms with E-state index in [4.69, 9.17) is 20.9 Å². The Morgan fingerprint density at radius 3 is 2.75 bits per heavy atom. The fourth-order valence-electron chi connectivity index (χ4n) is 2.59. The monoisotopic (exact) mass is 360 g/mol. The zero-order chi connectivity index (χ0) is 16.6. The molecule has 4 rings (SSSR count). The third-order valence-electron chi connectivity index (χ3n) is 4.07. The highest BCUT2D eigenvalue weighted by Gasteiger charge is 2.52. The first kappa shape index (κ1) is 15.4. The summed E-state index contributed by atoms with van der Waals surface area (Å²) in [6.45, 7) is -0.0213. The second-order valence-corrected chi connectivity index (χ2v) is 7.04. The van der Waals surface area contributed by atoms with Crippen LogP contribution in [-0.2, 0) is 21.6 Å². The Balaban J connectivity index is 1.43. The van der Waals surface area contributed by atoms with Crippen LogP contribution in [0.3, 0.4) is 0 Å². The van der Waals surface area contributed by atoms with E-state index in [1.807, 2.05) is 29.6 Å². The van der Waals surface area contributed by atoms with E-state index in [-0.39, 0.29) is 12.6 Å². The first-order valence-electron chi connectivity index (χ1n) is 7.47. The molecular formula is C17H13ClN2O3S. The summed E-state index contributed by atoms with van der Waals surface area (Å²) in [4.78, 5) is 17.6. The summed E-state index contributed by atoms with van der Waals surface area (Å²) < 4.78 is 10.6. The molecular weight excluding hydrogens is 348 g/mol. The van der Waals surface area contributed by atoms with Gasteiger partial charge in [-0.3, -0.25) is 4.79 Å². The van der Waals surface area contributed by atoms with Crippen molar-refractivity contribution in [3.63, 3.8) is 0 Å². The zero-order valence-corrected chi connectivity index (χ0v) is 14.1. The lowest BCUT2D eigenvalue weighted by Crippen LogP contribution is -2.23. The molecule has 1 fully saturated rings. The van der Waals surface area contributed by atoms with Crippen molar-refractivity contribution in [2.24, 2.45) is 0 Å². The van der Waals surface area contributed by atoms with Gasteiger partial charge in [0.05, 0.1) is 10.3 Å². The zero-order valence-electron chi connectivity index (χ0n) is 12.6. The lowest BCUT2D eigenvalue weighted by atomic mass is 9.96. The highest BCUT2D eigenvalue weighted by atomic mass is 35.5. The molecule has 2 heterocycles. The first-order valence-corrected chi connectivity index (χ1v) is 8.73. The van der Waals surface area contributed by atoms with Crippen LogP contribution < -0.4 is 0 Å². The normalized spacial score (nSPS) is 15.2. The van der Waals surface area contributed by atoms with Crippen LogP contribution in [0.1, 0.15) is 24.3 Å². The maximum atomic E-state index is 12.5. The van der Waals surface area contributed by atoms with Gasteiger partial charge in [0.15, 0.2) is 6.61 Å². The molecule has 0 N–H and O–H groups in total. The second-order valence-electron chi connectivity index (χ2n) is 5.65. The number of rotatable bonds is 5. The summed E-state index contributed by atoms with van der Waals surface area (Å²) in [7, 11) is 0. The number of aromatic nitrogens is 2. The Labute approximate surface area is 147 Å². The Morgan fingerprint density at radius 1 is 1.29 bits per heavy atom. The number of hydrogen-bond acceptors (Lipinski definition) is 6. The maximum absolute atomic E-state index is 12.5. The lowest BCUT2D eigenvalue weighted by Gasteiger charge is -2.14. The topological polar surface area (TPSA) is 65.2 Å². The van der Waals surface area contributed by atoms with Gasteiger partial charge in [0.25, 0.3) is 5.89 Å². The van der Waals surface area contributed by atoms with Crippen molar-refractivity contribution in [2.75, 3.05) is 0 Å². The fourth-order valence-corrected chi connectivity index (χ4v) is 3.36. The molecule has 24 heavy (non-hydrogen) atoms. The molecule has 0 bridgehead atoms. The average molecular weight is 361 g/mol. The number of thiophene rings is 1. The average Bonchev–Trinajstić information content (AvgIpc) is 3.00. The molecule has 5 nitrogen and oxygen atoms in total. The quantitative estimate of drug-likeness (QED) is 0.637. The van der Waals surface area contributed by atoms with Crippen molar-refractivity contribution in [3.8, 4) is 10.7 Å². The van der Waals surface area contributed by atoms with Crippen LogP contribution in [0.25, 0.3) is 10.7 Å². The molecule has 0 saturated heterocycles. The molecule has 0 atom stereocenters. The molecule has 0 unspecified atom stereocenters. The summed E-state index contributed by atoms with van der Waals surface area (Å²) in [5.74, 6) is 0.536. The van der Waals surface area contributed by atoms with Gasteiger partial charge in [-0.05, 0) is 42.0 Å². The SMILES string of the molecule is O=C(OCc1nc(-c2cccs2)no1)C1(c2ccc(Cl)cc2)CC1. The molecule has 2 aromatic heterocycles. The second kappa shape index (κ2) is 6.03. The van der Waals surface area contributed by atoms with Crippen LogP contribution in [0.4, 0.5) is 0 Å². The molecule has 1 aliphatic rings. The van der Waals surface area contributed by atoms with E-state index in [0.717, 1.165) is 23.3 Å². The van der Waals surface area contributed by atoms with Crippen LogP contribution in [0, 0.1) is 0 Å². The van der Waals surface area contributed by atoms with Crippen molar-refractivity contribution in [2.45, 2.75) is 24.9 Å². The van der Waals surface area contributed by atoms with Gasteiger partial charge >= 0.3 is 5.97 Å². The highest BCUT2D eigenvalue weighted by Crippen LogP contribution is 2.49. The Kier molecular flexibility index (Phi) is 3.86. The molecule has 3 aromatic rings. The van der Waals surface area contributed by atoms with E-state index >= 15 is 0 Å². The van der Waals surface area contributed by atoms with Gasteiger partial charge in [0.2, 0.25) is 5.82 Å². The van der Waals surface area contributed by atoms with Crippen molar-refractivity contribution in [1.29, 1.82) is 0 Å². The minimum absolute atomic E-state index is 0.0213. The molecule has 1 saturated carbocycles. The van der Waals surface area contributed by atoms with E-state index in [2.05, 4.69) is 10.1 Å². The van der Waals surface area contributed by atoms with E-state index in [9.17, 15) is 4.79 Å². The molecule has 1 aliphatic carbocycles. The van der Waals surface area contributed by atoms with E-state index in [1.165, 1.54) is 11.3 Å². The van der Waals surface area contributed by atoms with Gasteiger partial charge < -0.3 is 9.26 Å². The summed E-state index contributed by atoms with van der Waals surface area (Å²) in [5, 5.41) is 6.49. The maximum Gasteiger partial charge on any atom is 0.317 e. The Morgan fingerprint density at radius 2 is 2.08 bits per heavy atom. The van der Waals surface area contributed by atoms with E-state index in [0.29, 0.717) is 16.7 Å². The Bertz CT molecular complexity index is 854. The fraction of sp³-hybridized carbons (Fsp3) is 0.235. The van der Waals surface area contributed by atoms with Gasteiger partial charge in [-0.25, -0.2) is 0 Å². The summed E-state index contributed by atoms with van der Waals surface area (Å²) in [6, 6.07) is 11.1. The number of halogens is 1. The van der Waals surface area contributed by atoms with Gasteiger partial charge in [-0.1, -0.05) is 35.0 Å². The van der Waals surface area contributed by atoms with Crippen molar-refractivity contribution >= 4 is 28.9 Å². The third-order valence-corrected chi connectivity index (χ3v) is 5.19. The molecule has 0 amide bonds. The Hall–Kier alpha value is -2.18. The van der Waals surface area contributed by atoms with Crippen molar-refractivity contribution in [1.82, 2.24) is 10.1 Å². The lowest BCUT2D eigenvalue weighted by molar-refractivity contribution is -0.148. The van der Waals surface area contributed by atoms with Crippen LogP contribution >= 0.6 is 22.9 Å². The van der Waals surface area contributed by atoms with Crippen LogP contribution in [0.5, 0.6) is 0 Å². The van der Waals surface area contributed by atoms with Crippen molar-refractivity contribution < 1.29 is 14.1 Å². The van der Waals surface area contributed by atoms with Gasteiger partial charge in [-0.2, -0.15) is 4.98 Å². The number of benzene rings is 1. The molecule has 0 spiro atoms. The first-order chi connectivity index (χ1) is 11.7. The molecule has 7 heteroatoms. The largest absolute Gasteiger partial charge is 0.455 e. The number of carbonyl (C=O) groups is 1. The number of ether oxygens (including phenoxy) is 1. The summed E-state index contributed by atoms with van der Waals surface area (Å²) >= 11 is 7.43. The number of hydrogen-bond donors (Lipinski definition) is 0. The molecule has 0 radical (unpaired) electrons. The standard InChI is InChI=1S/C17H13ClN2O3S/c18-12-5-3-11(4-6-12)17(7-8-17)16(21)22-10-14-19-15(20-23-14)13-2-1-9-24-13/h1-6,9H,7-8,10H2. The highest BCUT2D eigenvalue weighted by molar-refractivity contribution is 7.13. The molecule has 0 aliphatic heterocycles. The number of nitrogens with zero attached hydrogens (tertiary/aromatic N) is 2. The minimum Gasteiger partial charge on any atom is -0.455 e. The predicted octanol–water partition coefficient (Wildman–Crippen LogP) is 4.23. The van der Waals surface area contributed by atoms with E-state index in [1.54, 1.807) is 12.1 Å². The predicted molar refractivity (Wildman–Crippen MR) is 89.8 cm³/mol. The van der Waals surface area contributed by atoms with Crippen LogP contribution in [-0.4, -0.2) is 16.1 Å².